The Morgan fingerprint density at radius 1 is 1.21 bits per heavy atom. The Balaban J connectivity index is 1.50. The van der Waals surface area contributed by atoms with Crippen LogP contribution in [-0.2, 0) is 11.3 Å². The Bertz CT molecular complexity index is 1200. The summed E-state index contributed by atoms with van der Waals surface area (Å²) in [5.74, 6) is 0.900. The number of aromatic nitrogens is 1. The van der Waals surface area contributed by atoms with E-state index >= 15 is 0 Å². The van der Waals surface area contributed by atoms with E-state index in [1.807, 2.05) is 35.8 Å². The predicted molar refractivity (Wildman–Crippen MR) is 133 cm³/mol. The lowest BCUT2D eigenvalue weighted by molar-refractivity contribution is -0.134. The van der Waals surface area contributed by atoms with Crippen molar-refractivity contribution in [3.63, 3.8) is 0 Å². The highest BCUT2D eigenvalue weighted by molar-refractivity contribution is 6.03. The summed E-state index contributed by atoms with van der Waals surface area (Å²) in [6, 6.07) is 14.0. The first-order valence-corrected chi connectivity index (χ1v) is 12.5. The smallest absolute Gasteiger partial charge is 0.271 e. The lowest BCUT2D eigenvalue weighted by Crippen LogP contribution is -2.66. The first-order valence-electron chi connectivity index (χ1n) is 12.5. The van der Waals surface area contributed by atoms with Crippen LogP contribution in [0.3, 0.4) is 0 Å². The molecule has 5 rings (SSSR count). The summed E-state index contributed by atoms with van der Waals surface area (Å²) in [5, 5.41) is 3.37. The van der Waals surface area contributed by atoms with E-state index in [0.717, 1.165) is 23.9 Å². The fourth-order valence-corrected chi connectivity index (χ4v) is 5.83. The molecule has 34 heavy (non-hydrogen) atoms. The Morgan fingerprint density at radius 3 is 2.74 bits per heavy atom. The molecule has 1 aliphatic heterocycles. The van der Waals surface area contributed by atoms with Crippen LogP contribution in [0.25, 0.3) is 11.1 Å². The van der Waals surface area contributed by atoms with E-state index in [-0.39, 0.29) is 23.8 Å². The molecule has 2 aromatic heterocycles. The zero-order valence-electron chi connectivity index (χ0n) is 20.6. The Morgan fingerprint density at radius 2 is 1.97 bits per heavy atom. The molecule has 6 heteroatoms. The second kappa shape index (κ2) is 8.64. The van der Waals surface area contributed by atoms with Crippen molar-refractivity contribution in [2.75, 3.05) is 6.54 Å². The largest absolute Gasteiger partial charge is 0.463 e. The van der Waals surface area contributed by atoms with Gasteiger partial charge in [0.2, 0.25) is 5.91 Å². The van der Waals surface area contributed by atoms with Gasteiger partial charge in [-0.25, -0.2) is 0 Å². The van der Waals surface area contributed by atoms with Crippen LogP contribution < -0.4 is 5.32 Å². The van der Waals surface area contributed by atoms with Crippen LogP contribution in [0.5, 0.6) is 0 Å². The molecule has 0 saturated heterocycles. The molecule has 0 spiro atoms. The maximum atomic E-state index is 14.0. The van der Waals surface area contributed by atoms with Crippen LogP contribution in [0, 0.1) is 11.8 Å². The fraction of sp³-hybridized carbons (Fsp3) is 0.500. The maximum absolute atomic E-state index is 14.0. The van der Waals surface area contributed by atoms with Crippen molar-refractivity contribution in [1.82, 2.24) is 14.8 Å². The van der Waals surface area contributed by atoms with Crippen LogP contribution in [0.2, 0.25) is 0 Å². The molecule has 1 fully saturated rings. The second-order valence-electron chi connectivity index (χ2n) is 10.6. The molecule has 180 valence electrons. The molecule has 3 heterocycles. The lowest BCUT2D eigenvalue weighted by atomic mass is 9.77. The number of hydrogen-bond donors (Lipinski definition) is 1. The molecule has 1 saturated carbocycles. The van der Waals surface area contributed by atoms with Crippen LogP contribution in [-0.4, -0.2) is 39.4 Å². The average molecular weight is 462 g/mol. The van der Waals surface area contributed by atoms with Gasteiger partial charge in [0.15, 0.2) is 5.58 Å². The molecule has 2 amide bonds. The molecular weight excluding hydrogens is 426 g/mol. The van der Waals surface area contributed by atoms with Gasteiger partial charge in [-0.05, 0) is 36.7 Å². The summed E-state index contributed by atoms with van der Waals surface area (Å²) < 4.78 is 7.54. The van der Waals surface area contributed by atoms with Crippen molar-refractivity contribution < 1.29 is 14.0 Å². The summed E-state index contributed by atoms with van der Waals surface area (Å²) >= 11 is 0. The zero-order chi connectivity index (χ0) is 24.0. The molecular formula is C28H35N3O3. The normalized spacial score (nSPS) is 28.1. The number of fused-ring (bicyclic) bond motifs is 3. The van der Waals surface area contributed by atoms with Crippen molar-refractivity contribution in [2.24, 2.45) is 11.8 Å². The first-order chi connectivity index (χ1) is 16.3. The van der Waals surface area contributed by atoms with Crippen molar-refractivity contribution in [2.45, 2.75) is 71.0 Å². The maximum Gasteiger partial charge on any atom is 0.271 e. The number of carbonyl (C=O) groups excluding carboxylic acids is 2. The summed E-state index contributed by atoms with van der Waals surface area (Å²) in [5.41, 5.74) is 2.27. The number of amides is 2. The molecule has 5 atom stereocenters. The molecule has 5 unspecified atom stereocenters. The number of furan rings is 1. The number of nitrogens with zero attached hydrogens (tertiary/aromatic N) is 2. The molecule has 6 nitrogen and oxygen atoms in total. The van der Waals surface area contributed by atoms with Crippen molar-refractivity contribution in [1.29, 1.82) is 0 Å². The molecule has 0 radical (unpaired) electrons. The second-order valence-corrected chi connectivity index (χ2v) is 10.6. The van der Waals surface area contributed by atoms with Gasteiger partial charge in [0.25, 0.3) is 5.91 Å². The summed E-state index contributed by atoms with van der Waals surface area (Å²) in [7, 11) is 0. The van der Waals surface area contributed by atoms with Crippen molar-refractivity contribution in [3.8, 4) is 0 Å². The van der Waals surface area contributed by atoms with E-state index in [1.54, 1.807) is 17.2 Å². The summed E-state index contributed by atoms with van der Waals surface area (Å²) in [6.45, 7) is 9.41. The Hall–Kier alpha value is -3.02. The van der Waals surface area contributed by atoms with Gasteiger partial charge in [-0.3, -0.25) is 9.59 Å². The van der Waals surface area contributed by atoms with Crippen LogP contribution in [0.15, 0.2) is 53.1 Å². The standard InChI is InChI=1S/C28H35N3O3/c1-18-9-8-12-22(20(18)3)29-27(33)28(4)17-30-23-13-14-34-25(23)15-24(30)26(32)31(28)16-19(2)21-10-6-5-7-11-21/h5-7,10-11,13-15,18-20,22H,8-9,12,16-17H2,1-4H3,(H,29,33). The molecule has 3 aromatic rings. The molecule has 0 bridgehead atoms. The Kier molecular flexibility index (Phi) is 5.78. The van der Waals surface area contributed by atoms with E-state index in [4.69, 9.17) is 4.42 Å². The minimum atomic E-state index is -1.00. The van der Waals surface area contributed by atoms with Gasteiger partial charge in [-0.1, -0.05) is 63.9 Å². The van der Waals surface area contributed by atoms with Crippen molar-refractivity contribution in [3.05, 3.63) is 60.0 Å². The lowest BCUT2D eigenvalue weighted by Gasteiger charge is -2.46. The SMILES string of the molecule is CC(CN1C(=O)c2cc3occc3n2CC1(C)C(=O)NC1CCCC(C)C1C)c1ccccc1. The van der Waals surface area contributed by atoms with Gasteiger partial charge in [0.05, 0.1) is 18.3 Å². The number of hydrogen-bond acceptors (Lipinski definition) is 3. The van der Waals surface area contributed by atoms with E-state index in [1.165, 1.54) is 6.42 Å². The van der Waals surface area contributed by atoms with Gasteiger partial charge >= 0.3 is 0 Å². The molecule has 2 aliphatic rings. The topological polar surface area (TPSA) is 67.5 Å². The van der Waals surface area contributed by atoms with E-state index in [9.17, 15) is 9.59 Å². The predicted octanol–water partition coefficient (Wildman–Crippen LogP) is 5.19. The zero-order valence-corrected chi connectivity index (χ0v) is 20.6. The monoisotopic (exact) mass is 461 g/mol. The molecule has 1 N–H and O–H groups in total. The highest BCUT2D eigenvalue weighted by Crippen LogP contribution is 2.36. The van der Waals surface area contributed by atoms with Crippen molar-refractivity contribution >= 4 is 22.9 Å². The van der Waals surface area contributed by atoms with Gasteiger partial charge in [0.1, 0.15) is 11.2 Å². The number of benzene rings is 1. The number of rotatable bonds is 5. The molecule has 1 aliphatic carbocycles. The quantitative estimate of drug-likeness (QED) is 0.568. The average Bonchev–Trinajstić information content (AvgIpc) is 3.42. The highest BCUT2D eigenvalue weighted by Gasteiger charge is 2.49. The third-order valence-corrected chi connectivity index (χ3v) is 8.39. The van der Waals surface area contributed by atoms with E-state index < -0.39 is 5.54 Å². The molecule has 1 aromatic carbocycles. The summed E-state index contributed by atoms with van der Waals surface area (Å²) in [4.78, 5) is 29.6. The minimum absolute atomic E-state index is 0.0666. The van der Waals surface area contributed by atoms with Gasteiger partial charge in [0, 0.05) is 24.7 Å². The van der Waals surface area contributed by atoms with Gasteiger partial charge in [-0.15, -0.1) is 0 Å². The summed E-state index contributed by atoms with van der Waals surface area (Å²) in [6.07, 6.45) is 4.95. The van der Waals surface area contributed by atoms with Gasteiger partial charge in [-0.2, -0.15) is 0 Å². The third-order valence-electron chi connectivity index (χ3n) is 8.39. The third kappa shape index (κ3) is 3.73. The van der Waals surface area contributed by atoms with E-state index in [2.05, 4.69) is 38.2 Å². The highest BCUT2D eigenvalue weighted by atomic mass is 16.3. The number of nitrogens with one attached hydrogen (secondary N) is 1. The minimum Gasteiger partial charge on any atom is -0.463 e. The van der Waals surface area contributed by atoms with Crippen LogP contribution in [0.4, 0.5) is 0 Å². The van der Waals surface area contributed by atoms with Gasteiger partial charge < -0.3 is 19.2 Å². The van der Waals surface area contributed by atoms with Crippen LogP contribution >= 0.6 is 0 Å². The van der Waals surface area contributed by atoms with Crippen LogP contribution in [0.1, 0.15) is 68.9 Å². The first kappa shape index (κ1) is 22.8. The van der Waals surface area contributed by atoms with E-state index in [0.29, 0.717) is 36.2 Å². The fourth-order valence-electron chi connectivity index (χ4n) is 5.83. The number of carbonyl (C=O) groups is 2. The Labute approximate surface area is 201 Å².